The number of amidine groups is 1. The van der Waals surface area contributed by atoms with Gasteiger partial charge in [0, 0.05) is 0 Å². The van der Waals surface area contributed by atoms with Crippen molar-refractivity contribution in [1.82, 2.24) is 0 Å². The quantitative estimate of drug-likeness (QED) is 0.809. The van der Waals surface area contributed by atoms with Crippen LogP contribution in [0.3, 0.4) is 0 Å². The van der Waals surface area contributed by atoms with E-state index in [1.54, 1.807) is 16.7 Å². The van der Waals surface area contributed by atoms with Crippen molar-refractivity contribution in [3.8, 4) is 0 Å². The van der Waals surface area contributed by atoms with Crippen LogP contribution in [0.1, 0.15) is 24.0 Å². The maximum absolute atomic E-state index is 12.9. The van der Waals surface area contributed by atoms with Gasteiger partial charge in [-0.1, -0.05) is 36.0 Å². The summed E-state index contributed by atoms with van der Waals surface area (Å²) in [7, 11) is 0. The van der Waals surface area contributed by atoms with Gasteiger partial charge in [-0.25, -0.2) is 4.99 Å². The molecular formula is C19H18N2OS. The van der Waals surface area contributed by atoms with Gasteiger partial charge in [0.05, 0.1) is 11.4 Å². The lowest BCUT2D eigenvalue weighted by Gasteiger charge is -2.17. The van der Waals surface area contributed by atoms with Crippen molar-refractivity contribution in [3.05, 3.63) is 59.7 Å². The van der Waals surface area contributed by atoms with Crippen LogP contribution in [0.25, 0.3) is 0 Å². The monoisotopic (exact) mass is 322 g/mol. The fourth-order valence-electron chi connectivity index (χ4n) is 2.86. The van der Waals surface area contributed by atoms with E-state index in [0.29, 0.717) is 0 Å². The number of carbonyl (C=O) groups excluding carboxylic acids is 1. The fraction of sp³-hybridized carbons (Fsp3) is 0.263. The van der Waals surface area contributed by atoms with Crippen LogP contribution in [0.15, 0.2) is 53.5 Å². The minimum absolute atomic E-state index is 0.180. The Bertz CT molecular complexity index is 824. The molecule has 1 saturated heterocycles. The van der Waals surface area contributed by atoms with E-state index >= 15 is 0 Å². The van der Waals surface area contributed by atoms with Gasteiger partial charge in [-0.15, -0.1) is 0 Å². The van der Waals surface area contributed by atoms with Crippen LogP contribution in [-0.2, 0) is 4.79 Å². The van der Waals surface area contributed by atoms with Gasteiger partial charge < -0.3 is 0 Å². The summed E-state index contributed by atoms with van der Waals surface area (Å²) in [6, 6.07) is 16.1. The standard InChI is InChI=1S/C19H18N2OS/c1-13-5-3-7-15(11-13)20-18-21(16-8-4-6-14(2)12-16)17(22)19(23-18)9-10-19/h3-8,11-12H,9-10H2,1-2H3. The van der Waals surface area contributed by atoms with E-state index in [4.69, 9.17) is 4.99 Å². The Kier molecular flexibility index (Phi) is 3.31. The summed E-state index contributed by atoms with van der Waals surface area (Å²) in [6.45, 7) is 4.10. The second kappa shape index (κ2) is 5.24. The predicted molar refractivity (Wildman–Crippen MR) is 96.5 cm³/mol. The van der Waals surface area contributed by atoms with Crippen molar-refractivity contribution < 1.29 is 4.79 Å². The number of hydrogen-bond donors (Lipinski definition) is 0. The third-order valence-electron chi connectivity index (χ3n) is 4.26. The zero-order valence-electron chi connectivity index (χ0n) is 13.2. The Morgan fingerprint density at radius 2 is 1.74 bits per heavy atom. The lowest BCUT2D eigenvalue weighted by Crippen LogP contribution is -2.32. The Labute approximate surface area is 140 Å². The van der Waals surface area contributed by atoms with Crippen LogP contribution in [0, 0.1) is 13.8 Å². The van der Waals surface area contributed by atoms with Crippen LogP contribution in [0.5, 0.6) is 0 Å². The number of hydrogen-bond acceptors (Lipinski definition) is 3. The molecule has 0 N–H and O–H groups in total. The molecule has 0 radical (unpaired) electrons. The second-order valence-electron chi connectivity index (χ2n) is 6.31. The number of thioether (sulfide) groups is 1. The summed E-state index contributed by atoms with van der Waals surface area (Å²) < 4.78 is -0.258. The number of anilines is 1. The maximum Gasteiger partial charge on any atom is 0.249 e. The first-order valence-electron chi connectivity index (χ1n) is 7.83. The van der Waals surface area contributed by atoms with E-state index in [1.165, 1.54) is 5.56 Å². The van der Waals surface area contributed by atoms with Gasteiger partial charge in [0.1, 0.15) is 4.75 Å². The Morgan fingerprint density at radius 3 is 2.39 bits per heavy atom. The summed E-state index contributed by atoms with van der Waals surface area (Å²) in [5, 5.41) is 0.795. The number of nitrogens with zero attached hydrogens (tertiary/aromatic N) is 2. The highest BCUT2D eigenvalue weighted by molar-refractivity contribution is 8.17. The molecule has 116 valence electrons. The highest BCUT2D eigenvalue weighted by atomic mass is 32.2. The molecule has 0 atom stereocenters. The minimum atomic E-state index is -0.258. The van der Waals surface area contributed by atoms with Crippen molar-refractivity contribution in [2.24, 2.45) is 4.99 Å². The maximum atomic E-state index is 12.9. The molecule has 1 aliphatic heterocycles. The van der Waals surface area contributed by atoms with Crippen molar-refractivity contribution in [3.63, 3.8) is 0 Å². The molecule has 0 unspecified atom stereocenters. The van der Waals surface area contributed by atoms with Gasteiger partial charge >= 0.3 is 0 Å². The smallest absolute Gasteiger partial charge is 0.249 e. The second-order valence-corrected chi connectivity index (χ2v) is 7.66. The Hall–Kier alpha value is -2.07. The first-order valence-corrected chi connectivity index (χ1v) is 8.65. The Balaban J connectivity index is 1.79. The molecule has 4 heteroatoms. The largest absolute Gasteiger partial charge is 0.272 e. The lowest BCUT2D eigenvalue weighted by atomic mass is 10.2. The van der Waals surface area contributed by atoms with E-state index in [-0.39, 0.29) is 10.7 Å². The molecule has 1 spiro atoms. The fourth-order valence-corrected chi connectivity index (χ4v) is 4.12. The first kappa shape index (κ1) is 14.5. The van der Waals surface area contributed by atoms with Crippen LogP contribution in [0.4, 0.5) is 11.4 Å². The van der Waals surface area contributed by atoms with E-state index < -0.39 is 0 Å². The summed E-state index contributed by atoms with van der Waals surface area (Å²) in [4.78, 5) is 19.5. The third kappa shape index (κ3) is 2.57. The minimum Gasteiger partial charge on any atom is -0.272 e. The van der Waals surface area contributed by atoms with E-state index in [0.717, 1.165) is 34.9 Å². The summed E-state index contributed by atoms with van der Waals surface area (Å²) in [5.74, 6) is 0.180. The first-order chi connectivity index (χ1) is 11.1. The number of rotatable bonds is 2. The molecule has 2 fully saturated rings. The zero-order valence-corrected chi connectivity index (χ0v) is 14.1. The van der Waals surface area contributed by atoms with Crippen molar-refractivity contribution >= 4 is 34.2 Å². The van der Waals surface area contributed by atoms with Crippen LogP contribution in [-0.4, -0.2) is 15.8 Å². The molecule has 2 aromatic carbocycles. The number of benzene rings is 2. The number of aryl methyl sites for hydroxylation is 2. The molecule has 0 aromatic heterocycles. The molecule has 1 aliphatic carbocycles. The molecule has 23 heavy (non-hydrogen) atoms. The molecule has 1 heterocycles. The van der Waals surface area contributed by atoms with Crippen LogP contribution >= 0.6 is 11.8 Å². The van der Waals surface area contributed by atoms with Crippen molar-refractivity contribution in [2.45, 2.75) is 31.4 Å². The van der Waals surface area contributed by atoms with E-state index in [1.807, 2.05) is 49.4 Å². The van der Waals surface area contributed by atoms with Crippen LogP contribution < -0.4 is 4.90 Å². The van der Waals surface area contributed by atoms with Crippen LogP contribution in [0.2, 0.25) is 0 Å². The molecule has 2 aromatic rings. The third-order valence-corrected chi connectivity index (χ3v) is 5.69. The van der Waals surface area contributed by atoms with Gasteiger partial charge in [-0.05, 0) is 62.1 Å². The molecule has 4 rings (SSSR count). The predicted octanol–water partition coefficient (Wildman–Crippen LogP) is 4.60. The molecule has 3 nitrogen and oxygen atoms in total. The average molecular weight is 322 g/mol. The van der Waals surface area contributed by atoms with Gasteiger partial charge in [-0.3, -0.25) is 9.69 Å². The summed E-state index contributed by atoms with van der Waals surface area (Å²) in [5.41, 5.74) is 4.13. The van der Waals surface area contributed by atoms with Crippen molar-refractivity contribution in [1.29, 1.82) is 0 Å². The topological polar surface area (TPSA) is 32.7 Å². The summed E-state index contributed by atoms with van der Waals surface area (Å²) in [6.07, 6.45) is 1.90. The van der Waals surface area contributed by atoms with Gasteiger partial charge in [-0.2, -0.15) is 0 Å². The summed E-state index contributed by atoms with van der Waals surface area (Å²) >= 11 is 1.62. The zero-order chi connectivity index (χ0) is 16.0. The number of aliphatic imine (C=N–C) groups is 1. The van der Waals surface area contributed by atoms with E-state index in [2.05, 4.69) is 13.0 Å². The van der Waals surface area contributed by atoms with E-state index in [9.17, 15) is 4.79 Å². The SMILES string of the molecule is Cc1cccc(N=C2SC3(CC3)C(=O)N2c2cccc(C)c2)c1. The normalized spacial score (nSPS) is 20.5. The molecule has 2 aliphatic rings. The highest BCUT2D eigenvalue weighted by Gasteiger charge is 2.60. The van der Waals surface area contributed by atoms with Gasteiger partial charge in [0.2, 0.25) is 5.91 Å². The molecular weight excluding hydrogens is 304 g/mol. The van der Waals surface area contributed by atoms with Gasteiger partial charge in [0.25, 0.3) is 0 Å². The van der Waals surface area contributed by atoms with Crippen molar-refractivity contribution in [2.75, 3.05) is 4.90 Å². The molecule has 1 amide bonds. The lowest BCUT2D eigenvalue weighted by molar-refractivity contribution is -0.117. The number of amides is 1. The van der Waals surface area contributed by atoms with Gasteiger partial charge in [0.15, 0.2) is 5.17 Å². The Morgan fingerprint density at radius 1 is 1.04 bits per heavy atom. The average Bonchev–Trinajstić information content (AvgIpc) is 3.22. The highest BCUT2D eigenvalue weighted by Crippen LogP contribution is 2.56. The molecule has 0 bridgehead atoms. The molecule has 1 saturated carbocycles. The number of carbonyl (C=O) groups is 1.